The van der Waals surface area contributed by atoms with E-state index in [0.29, 0.717) is 19.3 Å². The maximum Gasteiger partial charge on any atom is 0.472 e. The first-order valence-corrected chi connectivity index (χ1v) is 42.8. The Labute approximate surface area is 619 Å². The molecule has 0 aromatic heterocycles. The van der Waals surface area contributed by atoms with Crippen LogP contribution in [0.25, 0.3) is 0 Å². The van der Waals surface area contributed by atoms with Crippen molar-refractivity contribution in [3.63, 3.8) is 0 Å². The summed E-state index contributed by atoms with van der Waals surface area (Å²) in [6.45, 7) is 3.52. The third-order valence-electron chi connectivity index (χ3n) is 20.6. The van der Waals surface area contributed by atoms with Gasteiger partial charge in [0.25, 0.3) is 0 Å². The van der Waals surface area contributed by atoms with Crippen molar-refractivity contribution in [3.05, 3.63) is 0 Å². The van der Waals surface area contributed by atoms with Crippen molar-refractivity contribution in [2.24, 2.45) is 0 Å². The molecule has 0 spiro atoms. The summed E-state index contributed by atoms with van der Waals surface area (Å²) in [5, 5.41) is 110. The van der Waals surface area contributed by atoms with E-state index in [1.807, 2.05) is 0 Å². The van der Waals surface area contributed by atoms with Gasteiger partial charge in [-0.1, -0.05) is 310 Å². The molecule has 24 nitrogen and oxygen atoms in total. The third kappa shape index (κ3) is 42.1. The number of carbonyl (C=O) groups is 3. The van der Waals surface area contributed by atoms with Gasteiger partial charge in [-0.2, -0.15) is 0 Å². The number of hydrogen-bond donors (Lipinski definition) is 11. The van der Waals surface area contributed by atoms with Crippen molar-refractivity contribution >= 4 is 25.7 Å². The van der Waals surface area contributed by atoms with E-state index < -0.39 is 156 Å². The van der Waals surface area contributed by atoms with Gasteiger partial charge < -0.3 is 89.1 Å². The summed E-state index contributed by atoms with van der Waals surface area (Å²) < 4.78 is 65.3. The molecular weight excluding hydrogens is 1350 g/mol. The molecule has 1 saturated carbocycles. The van der Waals surface area contributed by atoms with Crippen LogP contribution in [0.2, 0.25) is 0 Å². The van der Waals surface area contributed by atoms with Gasteiger partial charge in [0, 0.05) is 19.3 Å². The Morgan fingerprint density at radius 1 is 0.340 bits per heavy atom. The molecule has 3 rings (SSSR count). The number of esters is 3. The molecule has 18 atom stereocenters. The van der Waals surface area contributed by atoms with Crippen molar-refractivity contribution in [2.45, 2.75) is 452 Å². The smallest absolute Gasteiger partial charge is 0.463 e. The fourth-order valence-electron chi connectivity index (χ4n) is 13.9. The Balaban J connectivity index is 1.69. The van der Waals surface area contributed by atoms with E-state index in [2.05, 4.69) is 20.8 Å². The van der Waals surface area contributed by atoms with Gasteiger partial charge in [0.2, 0.25) is 0 Å². The standard InChI is InChI=1S/C78H147O24P/c1-4-7-10-13-16-19-22-25-28-30-33-36-39-42-45-48-51-54-64(82)97-59(56-94-62(80)52-49-46-43-40-37-34-31-27-24-21-18-15-12-9-6-3)57-96-103(92,93)102-76-74(100-77-72(90)67(85)65(83)60(55-79)98-77)70(88)69(87)71(89)75(76)101-78-73(91)68(86)66(84)61(99-78)58-95-63(81)53-50-47-44-41-38-35-32-29-26-23-20-17-14-11-8-5-2/h59-61,65-79,83-91H,4-58H2,1-3H3,(H,92,93). The zero-order valence-electron chi connectivity index (χ0n) is 63.9. The molecule has 1 aliphatic carbocycles. The zero-order valence-corrected chi connectivity index (χ0v) is 64.8. The predicted molar refractivity (Wildman–Crippen MR) is 393 cm³/mol. The van der Waals surface area contributed by atoms with Crippen molar-refractivity contribution in [3.8, 4) is 0 Å². The van der Waals surface area contributed by atoms with E-state index in [-0.39, 0.29) is 19.3 Å². The number of hydrogen-bond acceptors (Lipinski definition) is 23. The Hall–Kier alpha value is -2.04. The largest absolute Gasteiger partial charge is 0.472 e. The van der Waals surface area contributed by atoms with Crippen LogP contribution < -0.4 is 0 Å². The van der Waals surface area contributed by atoms with Crippen molar-refractivity contribution in [1.82, 2.24) is 0 Å². The molecule has 103 heavy (non-hydrogen) atoms. The highest BCUT2D eigenvalue weighted by Gasteiger charge is 2.58. The molecule has 0 bridgehead atoms. The lowest BCUT2D eigenvalue weighted by molar-refractivity contribution is -0.360. The number of phosphoric ester groups is 1. The molecule has 3 aliphatic rings. The van der Waals surface area contributed by atoms with Crippen LogP contribution in [-0.2, 0) is 61.2 Å². The number of rotatable bonds is 66. The van der Waals surface area contributed by atoms with Crippen LogP contribution in [0.1, 0.15) is 348 Å². The zero-order chi connectivity index (χ0) is 75.3. The Kier molecular flexibility index (Phi) is 55.2. The molecular formula is C78H147O24P. The first kappa shape index (κ1) is 95.2. The van der Waals surface area contributed by atoms with Crippen LogP contribution in [0.5, 0.6) is 0 Å². The fraction of sp³-hybridized carbons (Fsp3) is 0.962. The van der Waals surface area contributed by atoms with Gasteiger partial charge in [0.15, 0.2) is 18.7 Å². The Morgan fingerprint density at radius 2 is 0.621 bits per heavy atom. The third-order valence-corrected chi connectivity index (χ3v) is 21.6. The van der Waals surface area contributed by atoms with Gasteiger partial charge in [0.05, 0.1) is 13.2 Å². The monoisotopic (exact) mass is 1500 g/mol. The van der Waals surface area contributed by atoms with Crippen LogP contribution in [-0.4, -0.2) is 204 Å². The molecule has 18 unspecified atom stereocenters. The molecule has 0 aromatic carbocycles. The van der Waals surface area contributed by atoms with Gasteiger partial charge in [-0.25, -0.2) is 4.57 Å². The number of ether oxygens (including phenoxy) is 7. The van der Waals surface area contributed by atoms with E-state index in [9.17, 15) is 74.9 Å². The van der Waals surface area contributed by atoms with Crippen molar-refractivity contribution < 1.29 is 117 Å². The summed E-state index contributed by atoms with van der Waals surface area (Å²) in [5.74, 6) is -1.96. The Morgan fingerprint density at radius 3 is 0.951 bits per heavy atom. The van der Waals surface area contributed by atoms with E-state index in [1.165, 1.54) is 199 Å². The number of phosphoric acid groups is 1. The fourth-order valence-corrected chi connectivity index (χ4v) is 14.9. The van der Waals surface area contributed by atoms with Crippen LogP contribution >= 0.6 is 7.82 Å². The first-order chi connectivity index (χ1) is 49.8. The van der Waals surface area contributed by atoms with Crippen LogP contribution in [0.4, 0.5) is 0 Å². The second-order valence-electron chi connectivity index (χ2n) is 29.9. The lowest BCUT2D eigenvalue weighted by atomic mass is 9.84. The molecule has 2 saturated heterocycles. The van der Waals surface area contributed by atoms with Crippen LogP contribution in [0.15, 0.2) is 0 Å². The lowest BCUT2D eigenvalue weighted by Gasteiger charge is -2.49. The summed E-state index contributed by atoms with van der Waals surface area (Å²) in [6.07, 6.45) is 19.8. The SMILES string of the molecule is CCCCCCCCCCCCCCCCCCCC(=O)OC(COC(=O)CCCCCCCCCCCCCCCCC)COP(=O)(O)OC1C(OC2OC(CO)C(O)C(O)C2O)C(O)C(O)C(O)C1OC1OC(COC(=O)CCCCCCCCCCCCCCCCCC)C(O)C(O)C1O. The second-order valence-corrected chi connectivity index (χ2v) is 31.3. The maximum absolute atomic E-state index is 14.4. The molecule has 0 radical (unpaired) electrons. The molecule has 11 N–H and O–H groups in total. The molecule has 0 amide bonds. The minimum absolute atomic E-state index is 0.0324. The second kappa shape index (κ2) is 59.8. The van der Waals surface area contributed by atoms with Crippen LogP contribution in [0, 0.1) is 0 Å². The summed E-state index contributed by atoms with van der Waals surface area (Å²) >= 11 is 0. The van der Waals surface area contributed by atoms with Crippen LogP contribution in [0.3, 0.4) is 0 Å². The van der Waals surface area contributed by atoms with Gasteiger partial charge in [0.1, 0.15) is 98.7 Å². The first-order valence-electron chi connectivity index (χ1n) is 41.3. The molecule has 608 valence electrons. The minimum atomic E-state index is -5.70. The summed E-state index contributed by atoms with van der Waals surface area (Å²) in [7, 11) is -5.70. The number of aliphatic hydroxyl groups is 10. The summed E-state index contributed by atoms with van der Waals surface area (Å²) in [4.78, 5) is 51.2. The predicted octanol–water partition coefficient (Wildman–Crippen LogP) is 12.9. The van der Waals surface area contributed by atoms with E-state index in [1.54, 1.807) is 0 Å². The van der Waals surface area contributed by atoms with E-state index in [4.69, 9.17) is 42.2 Å². The quantitative estimate of drug-likeness (QED) is 0.0117. The molecule has 2 heterocycles. The number of aliphatic hydroxyl groups excluding tert-OH is 10. The minimum Gasteiger partial charge on any atom is -0.463 e. The summed E-state index contributed by atoms with van der Waals surface area (Å²) in [6, 6.07) is 0. The number of unbranched alkanes of at least 4 members (excludes halogenated alkanes) is 45. The lowest BCUT2D eigenvalue weighted by Crippen LogP contribution is -2.69. The average molecular weight is 1500 g/mol. The highest BCUT2D eigenvalue weighted by molar-refractivity contribution is 7.47. The van der Waals surface area contributed by atoms with Gasteiger partial charge in [-0.05, 0) is 19.3 Å². The van der Waals surface area contributed by atoms with E-state index in [0.717, 1.165) is 89.9 Å². The highest BCUT2D eigenvalue weighted by Crippen LogP contribution is 2.49. The van der Waals surface area contributed by atoms with Gasteiger partial charge in [-0.3, -0.25) is 23.4 Å². The normalized spacial score (nSPS) is 26.8. The summed E-state index contributed by atoms with van der Waals surface area (Å²) in [5.41, 5.74) is 0. The average Bonchev–Trinajstić information content (AvgIpc) is 0.761. The van der Waals surface area contributed by atoms with Crippen molar-refractivity contribution in [1.29, 1.82) is 0 Å². The van der Waals surface area contributed by atoms with E-state index >= 15 is 0 Å². The Bertz CT molecular complexity index is 2120. The number of carbonyl (C=O) groups excluding carboxylic acids is 3. The molecule has 3 fully saturated rings. The maximum atomic E-state index is 14.4. The van der Waals surface area contributed by atoms with Gasteiger partial charge >= 0.3 is 25.7 Å². The molecule has 25 heteroatoms. The highest BCUT2D eigenvalue weighted by atomic mass is 31.2. The van der Waals surface area contributed by atoms with Gasteiger partial charge in [-0.15, -0.1) is 0 Å². The molecule has 2 aliphatic heterocycles. The molecule has 0 aromatic rings. The van der Waals surface area contributed by atoms with Crippen molar-refractivity contribution in [2.75, 3.05) is 26.4 Å². The topological polar surface area (TPSA) is 374 Å².